The number of ether oxygens (including phenoxy) is 2. The first-order valence-corrected chi connectivity index (χ1v) is 12.7. The summed E-state index contributed by atoms with van der Waals surface area (Å²) < 4.78 is 13.0. The number of thiocarbonyl (C=S) groups is 1. The van der Waals surface area contributed by atoms with Gasteiger partial charge in [0.25, 0.3) is 11.5 Å². The number of aromatic nitrogens is 1. The van der Waals surface area contributed by atoms with Gasteiger partial charge in [-0.2, -0.15) is 5.26 Å². The first-order valence-electron chi connectivity index (χ1n) is 11.4. The lowest BCUT2D eigenvalue weighted by Gasteiger charge is -2.20. The van der Waals surface area contributed by atoms with Crippen molar-refractivity contribution in [2.75, 3.05) is 18.7 Å². The predicted octanol–water partition coefficient (Wildman–Crippen LogP) is 4.39. The maximum atomic E-state index is 13.2. The van der Waals surface area contributed by atoms with E-state index in [1.807, 2.05) is 32.0 Å². The minimum absolute atomic E-state index is 0.0716. The van der Waals surface area contributed by atoms with E-state index in [2.05, 4.69) is 11.4 Å². The van der Waals surface area contributed by atoms with Gasteiger partial charge in [-0.3, -0.25) is 19.1 Å². The van der Waals surface area contributed by atoms with E-state index in [1.165, 1.54) is 11.8 Å². The molecule has 0 aliphatic carbocycles. The van der Waals surface area contributed by atoms with Gasteiger partial charge in [-0.25, -0.2) is 0 Å². The zero-order chi connectivity index (χ0) is 25.1. The molecule has 1 aromatic carbocycles. The number of rotatable bonds is 8. The van der Waals surface area contributed by atoms with Crippen LogP contribution in [-0.2, 0) is 17.9 Å². The number of hydrogen-bond acceptors (Lipinski definition) is 8. The second kappa shape index (κ2) is 10.5. The molecule has 10 heteroatoms. The number of anilines is 1. The molecule has 0 bridgehead atoms. The van der Waals surface area contributed by atoms with Crippen LogP contribution >= 0.6 is 24.0 Å². The number of pyridine rings is 1. The van der Waals surface area contributed by atoms with Gasteiger partial charge in [0, 0.05) is 25.2 Å². The average Bonchev–Trinajstić information content (AvgIpc) is 3.41. The number of carbonyl (C=O) groups is 1. The van der Waals surface area contributed by atoms with Crippen molar-refractivity contribution in [3.63, 3.8) is 0 Å². The van der Waals surface area contributed by atoms with Crippen molar-refractivity contribution in [1.29, 1.82) is 5.26 Å². The lowest BCUT2D eigenvalue weighted by atomic mass is 10.0. The fourth-order valence-corrected chi connectivity index (χ4v) is 5.36. The fourth-order valence-electron chi connectivity index (χ4n) is 4.07. The van der Waals surface area contributed by atoms with Crippen molar-refractivity contribution in [2.45, 2.75) is 46.7 Å². The molecule has 1 fully saturated rings. The van der Waals surface area contributed by atoms with Crippen molar-refractivity contribution in [3.8, 4) is 17.6 Å². The minimum Gasteiger partial charge on any atom is -0.454 e. The first kappa shape index (κ1) is 24.8. The van der Waals surface area contributed by atoms with Gasteiger partial charge < -0.3 is 14.8 Å². The van der Waals surface area contributed by atoms with E-state index in [1.54, 1.807) is 22.5 Å². The Hall–Kier alpha value is -3.29. The Kier molecular flexibility index (Phi) is 7.48. The number of benzene rings is 1. The molecule has 3 heterocycles. The molecule has 0 radical (unpaired) electrons. The van der Waals surface area contributed by atoms with E-state index in [9.17, 15) is 14.9 Å². The molecule has 1 saturated heterocycles. The maximum absolute atomic E-state index is 13.2. The van der Waals surface area contributed by atoms with Crippen LogP contribution < -0.4 is 20.3 Å². The minimum atomic E-state index is -0.351. The van der Waals surface area contributed by atoms with Crippen LogP contribution in [0.25, 0.3) is 6.08 Å². The van der Waals surface area contributed by atoms with Gasteiger partial charge in [-0.1, -0.05) is 43.9 Å². The van der Waals surface area contributed by atoms with E-state index in [-0.39, 0.29) is 23.8 Å². The molecule has 2 aliphatic rings. The highest BCUT2D eigenvalue weighted by atomic mass is 32.2. The summed E-state index contributed by atoms with van der Waals surface area (Å²) in [6.07, 6.45) is 3.24. The molecule has 0 atom stereocenters. The smallest absolute Gasteiger partial charge is 0.270 e. The van der Waals surface area contributed by atoms with Gasteiger partial charge in [0.15, 0.2) is 11.5 Å². The van der Waals surface area contributed by atoms with Crippen LogP contribution in [0, 0.1) is 18.3 Å². The summed E-state index contributed by atoms with van der Waals surface area (Å²) in [6, 6.07) is 7.72. The number of nitrogens with one attached hydrogen (secondary N) is 1. The molecule has 1 N–H and O–H groups in total. The highest BCUT2D eigenvalue weighted by Gasteiger charge is 2.32. The third-order valence-corrected chi connectivity index (χ3v) is 7.19. The van der Waals surface area contributed by atoms with Gasteiger partial charge >= 0.3 is 0 Å². The number of amides is 1. The fraction of sp³-hybridized carbons (Fsp3) is 0.360. The molecular formula is C25H26N4O4S2. The quantitative estimate of drug-likeness (QED) is 0.413. The highest BCUT2D eigenvalue weighted by Crippen LogP contribution is 2.36. The van der Waals surface area contributed by atoms with Crippen LogP contribution in [0.4, 0.5) is 5.82 Å². The molecule has 0 saturated carbocycles. The van der Waals surface area contributed by atoms with Crippen LogP contribution in [0.3, 0.4) is 0 Å². The second-order valence-electron chi connectivity index (χ2n) is 8.21. The van der Waals surface area contributed by atoms with E-state index in [0.717, 1.165) is 12.0 Å². The number of hydrogen-bond donors (Lipinski definition) is 1. The molecule has 0 spiro atoms. The molecule has 1 aromatic heterocycles. The van der Waals surface area contributed by atoms with E-state index in [0.29, 0.717) is 63.7 Å². The molecular weight excluding hydrogens is 484 g/mol. The molecule has 2 aromatic rings. The lowest BCUT2D eigenvalue weighted by molar-refractivity contribution is -0.122. The monoisotopic (exact) mass is 510 g/mol. The Labute approximate surface area is 213 Å². The number of fused-ring (bicyclic) bond motifs is 1. The molecule has 35 heavy (non-hydrogen) atoms. The number of carbonyl (C=O) groups excluding carboxylic acids is 1. The maximum Gasteiger partial charge on any atom is 0.270 e. The molecule has 4 rings (SSSR count). The van der Waals surface area contributed by atoms with Crippen molar-refractivity contribution in [3.05, 3.63) is 55.7 Å². The van der Waals surface area contributed by atoms with Crippen LogP contribution in [0.15, 0.2) is 27.9 Å². The summed E-state index contributed by atoms with van der Waals surface area (Å²) >= 11 is 6.65. The number of thioether (sulfide) groups is 1. The molecule has 0 unspecified atom stereocenters. The zero-order valence-corrected chi connectivity index (χ0v) is 21.5. The summed E-state index contributed by atoms with van der Waals surface area (Å²) in [5.41, 5.74) is 1.82. The zero-order valence-electron chi connectivity index (χ0n) is 19.8. The van der Waals surface area contributed by atoms with Gasteiger partial charge in [-0.15, -0.1) is 0 Å². The van der Waals surface area contributed by atoms with Crippen molar-refractivity contribution in [1.82, 2.24) is 9.47 Å². The molecule has 182 valence electrons. The Balaban J connectivity index is 1.79. The topological polar surface area (TPSA) is 96.6 Å². The van der Waals surface area contributed by atoms with Gasteiger partial charge in [0.05, 0.1) is 4.91 Å². The van der Waals surface area contributed by atoms with Crippen LogP contribution in [0.5, 0.6) is 11.5 Å². The van der Waals surface area contributed by atoms with Crippen molar-refractivity contribution < 1.29 is 14.3 Å². The van der Waals surface area contributed by atoms with Crippen LogP contribution in [0.1, 0.15) is 48.9 Å². The summed E-state index contributed by atoms with van der Waals surface area (Å²) in [7, 11) is 0. The lowest BCUT2D eigenvalue weighted by Crippen LogP contribution is -2.29. The van der Waals surface area contributed by atoms with Gasteiger partial charge in [0.2, 0.25) is 6.79 Å². The second-order valence-corrected chi connectivity index (χ2v) is 9.88. The normalized spacial score (nSPS) is 15.7. The van der Waals surface area contributed by atoms with Crippen LogP contribution in [0.2, 0.25) is 0 Å². The largest absolute Gasteiger partial charge is 0.454 e. The Morgan fingerprint density at radius 2 is 1.94 bits per heavy atom. The van der Waals surface area contributed by atoms with E-state index >= 15 is 0 Å². The van der Waals surface area contributed by atoms with Gasteiger partial charge in [0.1, 0.15) is 21.8 Å². The number of nitriles is 1. The van der Waals surface area contributed by atoms with E-state index < -0.39 is 0 Å². The molecule has 8 nitrogen and oxygen atoms in total. The molecule has 1 amide bonds. The Morgan fingerprint density at radius 3 is 2.66 bits per heavy atom. The number of nitrogens with zero attached hydrogens (tertiary/aromatic N) is 3. The highest BCUT2D eigenvalue weighted by molar-refractivity contribution is 8.26. The molecule has 2 aliphatic heterocycles. The SMILES string of the molecule is CCCN1C(=O)/C(=C\c2c(C)c(C#N)c(=O)n(CCC)c2NCc2ccc3c(c2)OCO3)SC1=S. The average molecular weight is 511 g/mol. The summed E-state index contributed by atoms with van der Waals surface area (Å²) in [5.74, 6) is 1.77. The Morgan fingerprint density at radius 1 is 1.20 bits per heavy atom. The first-order chi connectivity index (χ1) is 16.9. The predicted molar refractivity (Wildman–Crippen MR) is 141 cm³/mol. The van der Waals surface area contributed by atoms with Crippen LogP contribution in [-0.4, -0.2) is 33.0 Å². The standard InChI is InChI=1S/C25H26N4O4S2/c1-4-8-28-22(27-13-16-6-7-19-20(10-16)33-14-32-19)17(15(3)18(12-26)23(28)30)11-21-24(31)29(9-5-2)25(34)35-21/h6-7,10-11,27H,4-5,8-9,13-14H2,1-3H3/b21-11+. The summed E-state index contributed by atoms with van der Waals surface area (Å²) in [6.45, 7) is 7.27. The Bertz CT molecular complexity index is 1330. The van der Waals surface area contributed by atoms with Crippen molar-refractivity contribution in [2.24, 2.45) is 0 Å². The summed E-state index contributed by atoms with van der Waals surface area (Å²) in [5, 5.41) is 13.1. The van der Waals surface area contributed by atoms with E-state index in [4.69, 9.17) is 21.7 Å². The third kappa shape index (κ3) is 4.79. The summed E-state index contributed by atoms with van der Waals surface area (Å²) in [4.78, 5) is 28.3. The van der Waals surface area contributed by atoms with Crippen molar-refractivity contribution >= 4 is 46.1 Å². The third-order valence-electron chi connectivity index (χ3n) is 5.82. The van der Waals surface area contributed by atoms with Gasteiger partial charge in [-0.05, 0) is 49.1 Å².